The number of nitrogens with zero attached hydrogens (tertiary/aromatic N) is 2. The smallest absolute Gasteiger partial charge is 0.327 e. The molecule has 0 aliphatic carbocycles. The highest BCUT2D eigenvalue weighted by Gasteiger charge is 2.14. The summed E-state index contributed by atoms with van der Waals surface area (Å²) >= 11 is 2.02. The Balaban J connectivity index is 2.18. The molecule has 7 nitrogen and oxygen atoms in total. The van der Waals surface area contributed by atoms with Gasteiger partial charge in [-0.1, -0.05) is 12.6 Å². The lowest BCUT2D eigenvalue weighted by Gasteiger charge is -2.08. The summed E-state index contributed by atoms with van der Waals surface area (Å²) in [4.78, 5) is 18.9. The number of imidazole rings is 1. The van der Waals surface area contributed by atoms with Gasteiger partial charge >= 0.3 is 5.69 Å². The van der Waals surface area contributed by atoms with Gasteiger partial charge in [0.25, 0.3) is 0 Å². The zero-order valence-electron chi connectivity index (χ0n) is 13.6. The molecule has 1 aromatic carbocycles. The largest absolute Gasteiger partial charge is 0.383 e. The second-order valence-corrected chi connectivity index (χ2v) is 6.45. The average molecular weight is 458 g/mol. The van der Waals surface area contributed by atoms with Crippen LogP contribution in [-0.4, -0.2) is 28.9 Å². The number of aliphatic imine (C=N–C) groups is 1. The molecule has 134 valence electrons. The molecule has 0 aliphatic heterocycles. The molecule has 0 spiro atoms. The normalized spacial score (nSPS) is 11.2. The molecule has 0 unspecified atom stereocenters. The highest BCUT2D eigenvalue weighted by molar-refractivity contribution is 14.1. The third-order valence-corrected chi connectivity index (χ3v) is 4.50. The summed E-state index contributed by atoms with van der Waals surface area (Å²) in [5.41, 5.74) is 11.7. The maximum Gasteiger partial charge on any atom is 0.327 e. The summed E-state index contributed by atoms with van der Waals surface area (Å²) in [6, 6.07) is 4.74. The number of nitrogens with one attached hydrogen (secondary N) is 2. The molecular weight excluding hydrogens is 438 g/mol. The lowest BCUT2D eigenvalue weighted by Crippen LogP contribution is -2.20. The minimum atomic E-state index is -0.431. The molecule has 0 aliphatic rings. The fourth-order valence-electron chi connectivity index (χ4n) is 2.12. The minimum absolute atomic E-state index is 0.0374. The van der Waals surface area contributed by atoms with Gasteiger partial charge in [0.1, 0.15) is 23.1 Å². The molecule has 0 radical (unpaired) electrons. The molecule has 9 heteroatoms. The van der Waals surface area contributed by atoms with E-state index in [1.54, 1.807) is 12.1 Å². The van der Waals surface area contributed by atoms with E-state index in [0.717, 1.165) is 9.99 Å². The van der Waals surface area contributed by atoms with E-state index in [1.807, 2.05) is 22.6 Å². The summed E-state index contributed by atoms with van der Waals surface area (Å²) in [6.07, 6.45) is 2.21. The number of nitrogen functional groups attached to an aromatic ring is 1. The van der Waals surface area contributed by atoms with Gasteiger partial charge in [-0.2, -0.15) is 0 Å². The van der Waals surface area contributed by atoms with E-state index in [4.69, 9.17) is 11.5 Å². The van der Waals surface area contributed by atoms with Crippen LogP contribution in [0.5, 0.6) is 0 Å². The molecular formula is C16H20FIN6O. The predicted octanol–water partition coefficient (Wildman–Crippen LogP) is 1.38. The third-order valence-electron chi connectivity index (χ3n) is 3.49. The number of halogens is 2. The van der Waals surface area contributed by atoms with Crippen LogP contribution in [0.15, 0.2) is 40.4 Å². The second-order valence-electron chi connectivity index (χ2n) is 5.29. The van der Waals surface area contributed by atoms with Crippen molar-refractivity contribution in [1.29, 1.82) is 0 Å². The van der Waals surface area contributed by atoms with Crippen molar-refractivity contribution in [2.75, 3.05) is 18.8 Å². The van der Waals surface area contributed by atoms with Gasteiger partial charge in [0.05, 0.1) is 12.8 Å². The predicted molar refractivity (Wildman–Crippen MR) is 106 cm³/mol. The number of H-pyrrole nitrogens is 1. The highest BCUT2D eigenvalue weighted by atomic mass is 127. The molecule has 1 heterocycles. The molecule has 0 fully saturated rings. The van der Waals surface area contributed by atoms with E-state index in [-0.39, 0.29) is 18.2 Å². The van der Waals surface area contributed by atoms with Crippen LogP contribution in [0.1, 0.15) is 17.7 Å². The summed E-state index contributed by atoms with van der Waals surface area (Å²) < 4.78 is 16.0. The Morgan fingerprint density at radius 1 is 1.52 bits per heavy atom. The standard InChI is InChI=1S/C16H20FIN6O/c1-10(21-7-3-6-19)22-8-14-15(20)24(16(25)23-14)9-11-12(17)4-2-5-13(11)18/h2,4-5,8,21H,1,3,6-7,9,19-20H2,(H,23,25)/b22-8-. The Labute approximate surface area is 158 Å². The summed E-state index contributed by atoms with van der Waals surface area (Å²) in [7, 11) is 0. The third kappa shape index (κ3) is 4.92. The Morgan fingerprint density at radius 2 is 2.28 bits per heavy atom. The zero-order valence-corrected chi connectivity index (χ0v) is 15.7. The van der Waals surface area contributed by atoms with Crippen molar-refractivity contribution in [2.24, 2.45) is 10.7 Å². The SMILES string of the molecule is C=C(/N=C\c1[nH]c(=O)n(Cc2c(F)cccc2I)c1N)NCCCN. The van der Waals surface area contributed by atoms with Crippen LogP contribution in [0.4, 0.5) is 10.2 Å². The van der Waals surface area contributed by atoms with E-state index >= 15 is 0 Å². The summed E-state index contributed by atoms with van der Waals surface area (Å²) in [5.74, 6) is 0.236. The number of anilines is 1. The lowest BCUT2D eigenvalue weighted by atomic mass is 10.2. The Bertz CT molecular complexity index is 821. The first-order chi connectivity index (χ1) is 11.9. The van der Waals surface area contributed by atoms with Crippen molar-refractivity contribution in [1.82, 2.24) is 14.9 Å². The van der Waals surface area contributed by atoms with Crippen LogP contribution in [-0.2, 0) is 6.54 Å². The molecule has 0 saturated carbocycles. The number of aromatic amines is 1. The number of benzene rings is 1. The van der Waals surface area contributed by atoms with E-state index < -0.39 is 5.69 Å². The number of hydrogen-bond acceptors (Lipinski definition) is 5. The topological polar surface area (TPSA) is 114 Å². The molecule has 0 amide bonds. The molecule has 0 bridgehead atoms. The van der Waals surface area contributed by atoms with Gasteiger partial charge < -0.3 is 21.8 Å². The lowest BCUT2D eigenvalue weighted by molar-refractivity contribution is 0.596. The van der Waals surface area contributed by atoms with Crippen LogP contribution < -0.4 is 22.5 Å². The molecule has 6 N–H and O–H groups in total. The van der Waals surface area contributed by atoms with Crippen molar-refractivity contribution >= 4 is 34.6 Å². The van der Waals surface area contributed by atoms with Gasteiger partial charge in [0, 0.05) is 15.7 Å². The van der Waals surface area contributed by atoms with Crippen LogP contribution in [0.2, 0.25) is 0 Å². The molecule has 2 aromatic rings. The Kier molecular flexibility index (Phi) is 6.76. The number of nitrogens with two attached hydrogens (primary N) is 2. The monoisotopic (exact) mass is 458 g/mol. The zero-order chi connectivity index (χ0) is 18.4. The number of rotatable bonds is 8. The highest BCUT2D eigenvalue weighted by Crippen LogP contribution is 2.18. The van der Waals surface area contributed by atoms with E-state index in [9.17, 15) is 9.18 Å². The Morgan fingerprint density at radius 3 is 2.96 bits per heavy atom. The van der Waals surface area contributed by atoms with Crippen LogP contribution in [0.3, 0.4) is 0 Å². The van der Waals surface area contributed by atoms with Gasteiger partial charge in [-0.25, -0.2) is 14.2 Å². The van der Waals surface area contributed by atoms with E-state index in [1.165, 1.54) is 16.8 Å². The number of aromatic nitrogens is 2. The van der Waals surface area contributed by atoms with Crippen molar-refractivity contribution in [2.45, 2.75) is 13.0 Å². The van der Waals surface area contributed by atoms with Gasteiger partial charge in [0.2, 0.25) is 0 Å². The Hall–Kier alpha value is -2.14. The number of hydrogen-bond donors (Lipinski definition) is 4. The van der Waals surface area contributed by atoms with E-state index in [0.29, 0.717) is 30.2 Å². The fraction of sp³-hybridized carbons (Fsp3) is 0.250. The van der Waals surface area contributed by atoms with Crippen molar-refractivity contribution in [3.8, 4) is 0 Å². The van der Waals surface area contributed by atoms with Gasteiger partial charge in [-0.05, 0) is 47.7 Å². The summed E-state index contributed by atoms with van der Waals surface area (Å²) in [6.45, 7) is 5.02. The molecule has 0 atom stereocenters. The quantitative estimate of drug-likeness (QED) is 0.272. The second kappa shape index (κ2) is 8.81. The first-order valence-corrected chi connectivity index (χ1v) is 8.70. The maximum absolute atomic E-state index is 14.0. The van der Waals surface area contributed by atoms with Gasteiger partial charge in [0.15, 0.2) is 0 Å². The summed E-state index contributed by atoms with van der Waals surface area (Å²) in [5, 5.41) is 2.99. The maximum atomic E-state index is 14.0. The van der Waals surface area contributed by atoms with Gasteiger partial charge in [-0.3, -0.25) is 4.57 Å². The average Bonchev–Trinajstić information content (AvgIpc) is 2.83. The first-order valence-electron chi connectivity index (χ1n) is 7.62. The molecule has 25 heavy (non-hydrogen) atoms. The van der Waals surface area contributed by atoms with Crippen LogP contribution >= 0.6 is 22.6 Å². The molecule has 2 rings (SSSR count). The van der Waals surface area contributed by atoms with Crippen molar-refractivity contribution < 1.29 is 4.39 Å². The van der Waals surface area contributed by atoms with Crippen molar-refractivity contribution in [3.05, 3.63) is 61.7 Å². The van der Waals surface area contributed by atoms with Crippen LogP contribution in [0, 0.1) is 9.39 Å². The molecule has 1 aromatic heterocycles. The van der Waals surface area contributed by atoms with Crippen molar-refractivity contribution in [3.63, 3.8) is 0 Å². The van der Waals surface area contributed by atoms with Crippen LogP contribution in [0.25, 0.3) is 0 Å². The fourth-order valence-corrected chi connectivity index (χ4v) is 2.76. The molecule has 0 saturated heterocycles. The van der Waals surface area contributed by atoms with E-state index in [2.05, 4.69) is 21.9 Å². The van der Waals surface area contributed by atoms with Gasteiger partial charge in [-0.15, -0.1) is 0 Å². The minimum Gasteiger partial charge on any atom is -0.383 e. The first kappa shape index (κ1) is 19.2.